The van der Waals surface area contributed by atoms with E-state index >= 15 is 0 Å². The zero-order valence-corrected chi connectivity index (χ0v) is 16.6. The number of anilines is 1. The quantitative estimate of drug-likeness (QED) is 0.666. The lowest BCUT2D eigenvalue weighted by Crippen LogP contribution is -2.54. The van der Waals surface area contributed by atoms with Gasteiger partial charge in [0.15, 0.2) is 0 Å². The Morgan fingerprint density at radius 2 is 1.68 bits per heavy atom. The van der Waals surface area contributed by atoms with Crippen LogP contribution in [0.2, 0.25) is 0 Å². The molecule has 6 nitrogen and oxygen atoms in total. The van der Waals surface area contributed by atoms with Crippen LogP contribution in [0.1, 0.15) is 26.7 Å². The number of terminal acetylenes is 1. The van der Waals surface area contributed by atoms with E-state index in [2.05, 4.69) is 21.5 Å². The monoisotopic (exact) mass is 388 g/mol. The molecule has 1 aliphatic heterocycles. The van der Waals surface area contributed by atoms with Crippen molar-refractivity contribution in [1.29, 1.82) is 0 Å². The number of hydrogen-bond acceptors (Lipinski definition) is 4. The zero-order chi connectivity index (χ0) is 20.6. The van der Waals surface area contributed by atoms with Crippen molar-refractivity contribution in [3.05, 3.63) is 30.1 Å². The third kappa shape index (κ3) is 6.32. The van der Waals surface area contributed by atoms with Crippen molar-refractivity contribution in [2.24, 2.45) is 0 Å². The van der Waals surface area contributed by atoms with Crippen molar-refractivity contribution in [3.8, 4) is 12.3 Å². The predicted molar refractivity (Wildman–Crippen MR) is 108 cm³/mol. The highest BCUT2D eigenvalue weighted by Gasteiger charge is 2.27. The van der Waals surface area contributed by atoms with Crippen LogP contribution >= 0.6 is 0 Å². The number of amides is 2. The Kier molecular flexibility index (Phi) is 7.97. The number of rotatable bonds is 8. The number of nitrogens with one attached hydrogen (secondary N) is 2. The van der Waals surface area contributed by atoms with E-state index in [4.69, 9.17) is 6.42 Å². The van der Waals surface area contributed by atoms with Crippen molar-refractivity contribution < 1.29 is 14.0 Å². The third-order valence-electron chi connectivity index (χ3n) is 5.17. The summed E-state index contributed by atoms with van der Waals surface area (Å²) in [4.78, 5) is 28.6. The van der Waals surface area contributed by atoms with Gasteiger partial charge in [0.2, 0.25) is 11.8 Å². The first-order chi connectivity index (χ1) is 13.4. The highest BCUT2D eigenvalue weighted by molar-refractivity contribution is 5.92. The molecule has 0 unspecified atom stereocenters. The molecule has 0 radical (unpaired) electrons. The molecule has 0 saturated carbocycles. The summed E-state index contributed by atoms with van der Waals surface area (Å²) < 4.78 is 13.2. The first-order valence-electron chi connectivity index (χ1n) is 9.68. The Labute approximate surface area is 166 Å². The van der Waals surface area contributed by atoms with E-state index in [1.54, 1.807) is 12.1 Å². The maximum Gasteiger partial charge on any atom is 0.238 e. The molecule has 1 aromatic carbocycles. The summed E-state index contributed by atoms with van der Waals surface area (Å²) in [6.45, 7) is 7.24. The summed E-state index contributed by atoms with van der Waals surface area (Å²) in [7, 11) is 0. The molecule has 1 fully saturated rings. The van der Waals surface area contributed by atoms with E-state index in [0.717, 1.165) is 0 Å². The number of hydrogen-bond donors (Lipinski definition) is 2. The fraction of sp³-hybridized carbons (Fsp3) is 0.524. The first-order valence-corrected chi connectivity index (χ1v) is 9.68. The Hall–Kier alpha value is -2.43. The minimum atomic E-state index is -0.575. The van der Waals surface area contributed by atoms with Crippen LogP contribution in [0.3, 0.4) is 0 Å². The van der Waals surface area contributed by atoms with Gasteiger partial charge in [0.05, 0.1) is 13.1 Å². The molecule has 0 aromatic heterocycles. The SMILES string of the molecule is C#CC(CC)(CC)NC(=O)CN1CCN(CC(=O)Nc2cccc(F)c2)CC1. The molecule has 2 N–H and O–H groups in total. The Bertz CT molecular complexity index is 719. The normalized spacial score (nSPS) is 15.6. The van der Waals surface area contributed by atoms with E-state index in [1.165, 1.54) is 12.1 Å². The average molecular weight is 388 g/mol. The van der Waals surface area contributed by atoms with Gasteiger partial charge in [-0.3, -0.25) is 19.4 Å². The van der Waals surface area contributed by atoms with E-state index < -0.39 is 5.54 Å². The van der Waals surface area contributed by atoms with Crippen molar-refractivity contribution >= 4 is 17.5 Å². The highest BCUT2D eigenvalue weighted by Crippen LogP contribution is 2.14. The lowest BCUT2D eigenvalue weighted by atomic mass is 9.94. The number of carbonyl (C=O) groups is 2. The second kappa shape index (κ2) is 10.2. The summed E-state index contributed by atoms with van der Waals surface area (Å²) in [5, 5.41) is 5.68. The second-order valence-electron chi connectivity index (χ2n) is 7.09. The number of nitrogens with zero attached hydrogens (tertiary/aromatic N) is 2. The molecule has 1 heterocycles. The van der Waals surface area contributed by atoms with Crippen LogP contribution in [0.5, 0.6) is 0 Å². The smallest absolute Gasteiger partial charge is 0.238 e. The maximum atomic E-state index is 13.2. The Morgan fingerprint density at radius 3 is 2.18 bits per heavy atom. The average Bonchev–Trinajstić information content (AvgIpc) is 2.68. The van der Waals surface area contributed by atoms with Crippen molar-refractivity contribution in [1.82, 2.24) is 15.1 Å². The van der Waals surface area contributed by atoms with Gasteiger partial charge in [0, 0.05) is 31.9 Å². The van der Waals surface area contributed by atoms with E-state index in [-0.39, 0.29) is 24.2 Å². The molecule has 1 aromatic rings. The van der Waals surface area contributed by atoms with Gasteiger partial charge in [0.1, 0.15) is 11.4 Å². The fourth-order valence-electron chi connectivity index (χ4n) is 3.25. The van der Waals surface area contributed by atoms with Crippen molar-refractivity contribution in [3.63, 3.8) is 0 Å². The van der Waals surface area contributed by atoms with Crippen LogP contribution < -0.4 is 10.6 Å². The summed E-state index contributed by atoms with van der Waals surface area (Å²) in [6.07, 6.45) is 6.98. The second-order valence-corrected chi connectivity index (χ2v) is 7.09. The largest absolute Gasteiger partial charge is 0.339 e. The number of carbonyl (C=O) groups excluding carboxylic acids is 2. The van der Waals surface area contributed by atoms with Crippen LogP contribution in [0.15, 0.2) is 24.3 Å². The van der Waals surface area contributed by atoms with E-state index in [1.807, 2.05) is 18.7 Å². The lowest BCUT2D eigenvalue weighted by molar-refractivity contribution is -0.124. The van der Waals surface area contributed by atoms with Gasteiger partial charge in [-0.1, -0.05) is 25.8 Å². The number of halogens is 1. The standard InChI is InChI=1S/C21H29FN4O2/c1-4-21(5-2,6-3)24-20(28)16-26-12-10-25(11-13-26)15-19(27)23-18-9-7-8-17(22)14-18/h1,7-9,14H,5-6,10-13,15-16H2,2-3H3,(H,23,27)(H,24,28). The topological polar surface area (TPSA) is 64.7 Å². The molecule has 7 heteroatoms. The van der Waals surface area contributed by atoms with E-state index in [0.29, 0.717) is 51.3 Å². The summed E-state index contributed by atoms with van der Waals surface area (Å²) in [6, 6.07) is 5.83. The van der Waals surface area contributed by atoms with Crippen LogP contribution in [-0.2, 0) is 9.59 Å². The molecule has 1 saturated heterocycles. The molecule has 0 atom stereocenters. The molecular formula is C21H29FN4O2. The van der Waals surface area contributed by atoms with Gasteiger partial charge in [-0.2, -0.15) is 0 Å². The molecule has 1 aliphatic rings. The number of piperazine rings is 1. The van der Waals surface area contributed by atoms with Gasteiger partial charge in [-0.25, -0.2) is 4.39 Å². The minimum Gasteiger partial charge on any atom is -0.339 e. The van der Waals surface area contributed by atoms with Gasteiger partial charge >= 0.3 is 0 Å². The first kappa shape index (κ1) is 21.9. The van der Waals surface area contributed by atoms with Gasteiger partial charge in [-0.05, 0) is 31.0 Å². The van der Waals surface area contributed by atoms with Crippen molar-refractivity contribution in [2.75, 3.05) is 44.6 Å². The van der Waals surface area contributed by atoms with Gasteiger partial charge < -0.3 is 10.6 Å². The molecule has 2 rings (SSSR count). The lowest BCUT2D eigenvalue weighted by Gasteiger charge is -2.35. The predicted octanol–water partition coefficient (Wildman–Crippen LogP) is 1.69. The molecule has 2 amide bonds. The molecular weight excluding hydrogens is 359 g/mol. The molecule has 0 bridgehead atoms. The molecule has 28 heavy (non-hydrogen) atoms. The maximum absolute atomic E-state index is 13.2. The Balaban J connectivity index is 1.74. The number of benzene rings is 1. The zero-order valence-electron chi connectivity index (χ0n) is 16.6. The van der Waals surface area contributed by atoms with Crippen molar-refractivity contribution in [2.45, 2.75) is 32.2 Å². The highest BCUT2D eigenvalue weighted by atomic mass is 19.1. The molecule has 152 valence electrons. The van der Waals surface area contributed by atoms with Crippen LogP contribution in [0, 0.1) is 18.2 Å². The van der Waals surface area contributed by atoms with Crippen LogP contribution in [-0.4, -0.2) is 66.4 Å². The van der Waals surface area contributed by atoms with Crippen LogP contribution in [0.25, 0.3) is 0 Å². The van der Waals surface area contributed by atoms with E-state index in [9.17, 15) is 14.0 Å². The summed E-state index contributed by atoms with van der Waals surface area (Å²) in [5.41, 5.74) is -0.127. The summed E-state index contributed by atoms with van der Waals surface area (Å²) in [5.74, 6) is 2.07. The summed E-state index contributed by atoms with van der Waals surface area (Å²) >= 11 is 0. The Morgan fingerprint density at radius 1 is 1.11 bits per heavy atom. The fourth-order valence-corrected chi connectivity index (χ4v) is 3.25. The third-order valence-corrected chi connectivity index (χ3v) is 5.17. The molecule has 0 spiro atoms. The molecule has 0 aliphatic carbocycles. The van der Waals surface area contributed by atoms with Gasteiger partial charge in [-0.15, -0.1) is 6.42 Å². The van der Waals surface area contributed by atoms with Gasteiger partial charge in [0.25, 0.3) is 0 Å². The van der Waals surface area contributed by atoms with Crippen LogP contribution in [0.4, 0.5) is 10.1 Å². The minimum absolute atomic E-state index is 0.0704.